The van der Waals surface area contributed by atoms with Gasteiger partial charge in [0.15, 0.2) is 0 Å². The van der Waals surface area contributed by atoms with Crippen LogP contribution in [0.15, 0.2) is 261 Å². The maximum atomic E-state index is 2.45. The van der Waals surface area contributed by atoms with Crippen LogP contribution >= 0.6 is 0 Å². The van der Waals surface area contributed by atoms with Crippen molar-refractivity contribution in [2.24, 2.45) is 0 Å². The molecule has 1 heteroatoms. The maximum absolute atomic E-state index is 2.45. The second-order valence-corrected chi connectivity index (χ2v) is 17.5. The fourth-order valence-electron chi connectivity index (χ4n) is 11.2. The van der Waals surface area contributed by atoms with Crippen LogP contribution in [0.4, 0.5) is 17.1 Å². The van der Waals surface area contributed by atoms with E-state index in [1.807, 2.05) is 0 Å². The number of para-hydroxylation sites is 1. The molecular weight excluding hydrogens is 795 g/mol. The molecule has 11 aromatic carbocycles. The first kappa shape index (κ1) is 38.0. The fourth-order valence-corrected chi connectivity index (χ4v) is 11.2. The lowest BCUT2D eigenvalue weighted by atomic mass is 9.70. The van der Waals surface area contributed by atoms with Crippen LogP contribution < -0.4 is 4.90 Å². The van der Waals surface area contributed by atoms with Crippen LogP contribution in [0.2, 0.25) is 0 Å². The van der Waals surface area contributed by atoms with Crippen molar-refractivity contribution in [2.45, 2.75) is 5.41 Å². The zero-order valence-corrected chi connectivity index (χ0v) is 36.3. The van der Waals surface area contributed by atoms with Crippen molar-refractivity contribution < 1.29 is 0 Å². The standard InChI is InChI=1S/C65H43N/c1-2-16-44(17-3-1)45-32-34-46(35-33-45)47-36-40-50(41-37-47)66(51-42-38-49(39-43-51)53-25-14-19-48-18-4-5-20-52(48)53)63-31-13-9-23-56(63)57-26-15-30-62-64(57)58-24-8-12-29-61(58)65(62)59-27-10-6-21-54(59)55-22-7-11-28-60(55)65/h1-43H. The second-order valence-electron chi connectivity index (χ2n) is 17.5. The van der Waals surface area contributed by atoms with Gasteiger partial charge in [0.25, 0.3) is 0 Å². The third-order valence-electron chi connectivity index (χ3n) is 14.1. The summed E-state index contributed by atoms with van der Waals surface area (Å²) in [6, 6.07) is 96.2. The number of fused-ring (bicyclic) bond motifs is 11. The van der Waals surface area contributed by atoms with Gasteiger partial charge in [-0.2, -0.15) is 0 Å². The van der Waals surface area contributed by atoms with Gasteiger partial charge in [-0.1, -0.05) is 231 Å². The molecule has 1 spiro atoms. The first-order chi connectivity index (χ1) is 32.8. The van der Waals surface area contributed by atoms with Gasteiger partial charge in [0.1, 0.15) is 0 Å². The van der Waals surface area contributed by atoms with Crippen LogP contribution in [0.3, 0.4) is 0 Å². The number of hydrogen-bond donors (Lipinski definition) is 0. The predicted octanol–water partition coefficient (Wildman–Crippen LogP) is 17.3. The Morgan fingerprint density at radius 2 is 0.652 bits per heavy atom. The summed E-state index contributed by atoms with van der Waals surface area (Å²) >= 11 is 0. The molecule has 0 radical (unpaired) electrons. The molecule has 0 fully saturated rings. The van der Waals surface area contributed by atoms with E-state index in [-0.39, 0.29) is 0 Å². The predicted molar refractivity (Wildman–Crippen MR) is 277 cm³/mol. The van der Waals surface area contributed by atoms with Crippen molar-refractivity contribution in [3.63, 3.8) is 0 Å². The highest BCUT2D eigenvalue weighted by molar-refractivity contribution is 6.03. The summed E-state index contributed by atoms with van der Waals surface area (Å²) in [5.41, 5.74) is 23.1. The van der Waals surface area contributed by atoms with Crippen molar-refractivity contribution in [1.29, 1.82) is 0 Å². The Balaban J connectivity index is 0.980. The lowest BCUT2D eigenvalue weighted by molar-refractivity contribution is 0.794. The van der Waals surface area contributed by atoms with Crippen molar-refractivity contribution >= 4 is 27.8 Å². The molecule has 0 heterocycles. The Bertz CT molecular complexity index is 3570. The zero-order chi connectivity index (χ0) is 43.6. The Kier molecular flexibility index (Phi) is 8.82. The Labute approximate surface area is 386 Å². The molecule has 0 amide bonds. The highest BCUT2D eigenvalue weighted by Gasteiger charge is 2.52. The third kappa shape index (κ3) is 5.80. The smallest absolute Gasteiger partial charge is 0.0725 e. The first-order valence-electron chi connectivity index (χ1n) is 22.9. The van der Waals surface area contributed by atoms with E-state index in [2.05, 4.69) is 266 Å². The first-order valence-corrected chi connectivity index (χ1v) is 22.9. The number of anilines is 3. The summed E-state index contributed by atoms with van der Waals surface area (Å²) in [6.07, 6.45) is 0. The van der Waals surface area contributed by atoms with Crippen molar-refractivity contribution in [2.75, 3.05) is 4.90 Å². The quantitative estimate of drug-likeness (QED) is 0.155. The van der Waals surface area contributed by atoms with Crippen LogP contribution in [0.5, 0.6) is 0 Å². The Morgan fingerprint density at radius 3 is 1.30 bits per heavy atom. The number of nitrogens with zero attached hydrogens (tertiary/aromatic N) is 1. The van der Waals surface area contributed by atoms with Crippen LogP contribution in [0.25, 0.3) is 77.5 Å². The van der Waals surface area contributed by atoms with Crippen LogP contribution in [0.1, 0.15) is 22.3 Å². The highest BCUT2D eigenvalue weighted by Crippen LogP contribution is 2.64. The van der Waals surface area contributed by atoms with E-state index >= 15 is 0 Å². The second kappa shape index (κ2) is 15.3. The van der Waals surface area contributed by atoms with E-state index in [9.17, 15) is 0 Å². The molecule has 0 saturated carbocycles. The topological polar surface area (TPSA) is 3.24 Å². The summed E-state index contributed by atoms with van der Waals surface area (Å²) in [7, 11) is 0. The molecule has 1 nitrogen and oxygen atoms in total. The fraction of sp³-hybridized carbons (Fsp3) is 0.0154. The van der Waals surface area contributed by atoms with Crippen LogP contribution in [0, 0.1) is 0 Å². The minimum Gasteiger partial charge on any atom is -0.310 e. The third-order valence-corrected chi connectivity index (χ3v) is 14.1. The number of rotatable bonds is 7. The lowest BCUT2D eigenvalue weighted by Gasteiger charge is -2.31. The molecule has 2 aliphatic carbocycles. The van der Waals surface area contributed by atoms with Gasteiger partial charge in [-0.05, 0) is 125 Å². The molecule has 0 atom stereocenters. The summed E-state index contributed by atoms with van der Waals surface area (Å²) in [5.74, 6) is 0. The van der Waals surface area contributed by atoms with Crippen LogP contribution in [-0.2, 0) is 5.41 Å². The number of hydrogen-bond acceptors (Lipinski definition) is 1. The lowest BCUT2D eigenvalue weighted by Crippen LogP contribution is -2.25. The summed E-state index contributed by atoms with van der Waals surface area (Å²) in [4.78, 5) is 2.45. The zero-order valence-electron chi connectivity index (χ0n) is 36.3. The molecule has 0 N–H and O–H groups in total. The normalized spacial score (nSPS) is 12.7. The molecule has 0 bridgehead atoms. The van der Waals surface area contributed by atoms with E-state index in [0.717, 1.165) is 17.1 Å². The molecule has 0 unspecified atom stereocenters. The SMILES string of the molecule is c1ccc(-c2ccc(-c3ccc(N(c4ccc(-c5cccc6ccccc56)cc4)c4ccccc4-c4cccc5c4-c4ccccc4C54c5ccccc5-c5ccccc54)cc3)cc2)cc1. The minimum absolute atomic E-state index is 0.420. The van der Waals surface area contributed by atoms with E-state index in [0.29, 0.717) is 0 Å². The van der Waals surface area contributed by atoms with E-state index in [1.165, 1.54) is 99.8 Å². The largest absolute Gasteiger partial charge is 0.310 e. The molecule has 11 aromatic rings. The van der Waals surface area contributed by atoms with E-state index in [4.69, 9.17) is 0 Å². The van der Waals surface area contributed by atoms with E-state index in [1.54, 1.807) is 0 Å². The highest BCUT2D eigenvalue weighted by atomic mass is 15.1. The van der Waals surface area contributed by atoms with Crippen molar-refractivity contribution in [1.82, 2.24) is 0 Å². The molecule has 0 aliphatic heterocycles. The van der Waals surface area contributed by atoms with Gasteiger partial charge in [0.2, 0.25) is 0 Å². The molecule has 0 aromatic heterocycles. The van der Waals surface area contributed by atoms with Crippen molar-refractivity contribution in [3.8, 4) is 66.8 Å². The molecular formula is C65H43N. The molecule has 66 heavy (non-hydrogen) atoms. The van der Waals surface area contributed by atoms with Gasteiger partial charge in [0.05, 0.1) is 11.1 Å². The molecule has 308 valence electrons. The van der Waals surface area contributed by atoms with Crippen molar-refractivity contribution in [3.05, 3.63) is 283 Å². The van der Waals surface area contributed by atoms with Gasteiger partial charge in [-0.15, -0.1) is 0 Å². The Morgan fingerprint density at radius 1 is 0.242 bits per heavy atom. The summed E-state index contributed by atoms with van der Waals surface area (Å²) in [6.45, 7) is 0. The summed E-state index contributed by atoms with van der Waals surface area (Å²) < 4.78 is 0. The van der Waals surface area contributed by atoms with Gasteiger partial charge in [-0.3, -0.25) is 0 Å². The van der Waals surface area contributed by atoms with Gasteiger partial charge in [0, 0.05) is 16.9 Å². The van der Waals surface area contributed by atoms with Crippen LogP contribution in [-0.4, -0.2) is 0 Å². The minimum atomic E-state index is -0.420. The molecule has 2 aliphatic rings. The average molecular weight is 838 g/mol. The van der Waals surface area contributed by atoms with Gasteiger partial charge >= 0.3 is 0 Å². The monoisotopic (exact) mass is 837 g/mol. The maximum Gasteiger partial charge on any atom is 0.0725 e. The molecule has 0 saturated heterocycles. The number of benzene rings is 11. The van der Waals surface area contributed by atoms with E-state index < -0.39 is 5.41 Å². The average Bonchev–Trinajstić information content (AvgIpc) is 3.87. The van der Waals surface area contributed by atoms with Gasteiger partial charge in [-0.25, -0.2) is 0 Å². The Hall–Kier alpha value is -8.52. The summed E-state index contributed by atoms with van der Waals surface area (Å²) in [5, 5.41) is 2.50. The molecule has 13 rings (SSSR count). The van der Waals surface area contributed by atoms with Gasteiger partial charge < -0.3 is 4.90 Å².